The summed E-state index contributed by atoms with van der Waals surface area (Å²) in [6, 6.07) is 13.5. The van der Waals surface area contributed by atoms with Crippen molar-refractivity contribution in [3.05, 3.63) is 76.3 Å². The lowest BCUT2D eigenvalue weighted by atomic mass is 10.2. The highest BCUT2D eigenvalue weighted by atomic mass is 35.5. The number of pyridine rings is 1. The summed E-state index contributed by atoms with van der Waals surface area (Å²) in [4.78, 5) is 22.3. The van der Waals surface area contributed by atoms with E-state index >= 15 is 0 Å². The summed E-state index contributed by atoms with van der Waals surface area (Å²) < 4.78 is 2.12. The second-order valence-electron chi connectivity index (χ2n) is 8.10. The number of aromatic nitrogens is 2. The average molecular weight is 438 g/mol. The summed E-state index contributed by atoms with van der Waals surface area (Å²) in [6.45, 7) is 8.44. The first-order valence-corrected chi connectivity index (χ1v) is 10.9. The normalized spacial score (nSPS) is 14.6. The summed E-state index contributed by atoms with van der Waals surface area (Å²) >= 11 is 6.27. The Labute approximate surface area is 188 Å². The van der Waals surface area contributed by atoms with Crippen molar-refractivity contribution in [2.24, 2.45) is 0 Å². The number of hydrogen-bond donors (Lipinski definition) is 1. The third-order valence-corrected chi connectivity index (χ3v) is 6.15. The van der Waals surface area contributed by atoms with E-state index in [2.05, 4.69) is 31.7 Å². The number of nitrogens with zero attached hydrogens (tertiary/aromatic N) is 4. The lowest BCUT2D eigenvalue weighted by Crippen LogP contribution is -2.44. The Morgan fingerprint density at radius 2 is 1.87 bits per heavy atom. The zero-order valence-corrected chi connectivity index (χ0v) is 19.0. The first-order chi connectivity index (χ1) is 14.9. The van der Waals surface area contributed by atoms with Crippen molar-refractivity contribution in [1.29, 1.82) is 0 Å². The standard InChI is InChI=1S/C24H28ClN5O/c1-17-14-21(18(2)30(17)16-20-6-4-5-9-26-20)24(31)27-22-15-19(25)7-8-23(22)29-12-10-28(3)11-13-29/h4-9,14-15H,10-13,16H2,1-3H3,(H,27,31). The lowest BCUT2D eigenvalue weighted by molar-refractivity contribution is 0.102. The van der Waals surface area contributed by atoms with Gasteiger partial charge in [-0.1, -0.05) is 17.7 Å². The lowest BCUT2D eigenvalue weighted by Gasteiger charge is -2.35. The Kier molecular flexibility index (Phi) is 6.30. The number of hydrogen-bond acceptors (Lipinski definition) is 4. The molecule has 1 aliphatic heterocycles. The monoisotopic (exact) mass is 437 g/mol. The smallest absolute Gasteiger partial charge is 0.257 e. The topological polar surface area (TPSA) is 53.4 Å². The molecular formula is C24H28ClN5O. The number of halogens is 1. The van der Waals surface area contributed by atoms with Crippen LogP contribution in [0.4, 0.5) is 11.4 Å². The molecule has 1 aliphatic rings. The molecule has 1 fully saturated rings. The van der Waals surface area contributed by atoms with Gasteiger partial charge in [-0.2, -0.15) is 0 Å². The van der Waals surface area contributed by atoms with E-state index in [0.29, 0.717) is 17.1 Å². The fourth-order valence-corrected chi connectivity index (χ4v) is 4.22. The van der Waals surface area contributed by atoms with Gasteiger partial charge in [-0.25, -0.2) is 0 Å². The van der Waals surface area contributed by atoms with E-state index in [0.717, 1.165) is 54.6 Å². The molecule has 162 valence electrons. The molecule has 31 heavy (non-hydrogen) atoms. The quantitative estimate of drug-likeness (QED) is 0.649. The molecule has 2 aromatic heterocycles. The Morgan fingerprint density at radius 3 is 2.58 bits per heavy atom. The molecule has 3 heterocycles. The van der Waals surface area contributed by atoms with E-state index in [1.807, 2.05) is 56.3 Å². The summed E-state index contributed by atoms with van der Waals surface area (Å²) in [5.41, 5.74) is 5.33. The van der Waals surface area contributed by atoms with Crippen LogP contribution in [-0.2, 0) is 6.54 Å². The third-order valence-electron chi connectivity index (χ3n) is 5.92. The molecule has 1 N–H and O–H groups in total. The Hall–Kier alpha value is -2.83. The number of piperazine rings is 1. The minimum absolute atomic E-state index is 0.127. The molecule has 1 saturated heterocycles. The zero-order valence-electron chi connectivity index (χ0n) is 18.2. The van der Waals surface area contributed by atoms with E-state index < -0.39 is 0 Å². The predicted molar refractivity (Wildman–Crippen MR) is 126 cm³/mol. The second-order valence-corrected chi connectivity index (χ2v) is 8.53. The highest BCUT2D eigenvalue weighted by Gasteiger charge is 2.21. The van der Waals surface area contributed by atoms with Gasteiger partial charge in [-0.15, -0.1) is 0 Å². The van der Waals surface area contributed by atoms with Crippen molar-refractivity contribution in [1.82, 2.24) is 14.5 Å². The molecule has 0 unspecified atom stereocenters. The maximum atomic E-state index is 13.2. The van der Waals surface area contributed by atoms with Crippen LogP contribution in [0.1, 0.15) is 27.4 Å². The Morgan fingerprint density at radius 1 is 1.10 bits per heavy atom. The fraction of sp³-hybridized carbons (Fsp3) is 0.333. The molecule has 0 radical (unpaired) electrons. The number of anilines is 2. The van der Waals surface area contributed by atoms with Crippen LogP contribution in [-0.4, -0.2) is 53.6 Å². The first-order valence-electron chi connectivity index (χ1n) is 10.5. The van der Waals surface area contributed by atoms with Crippen LogP contribution in [0.5, 0.6) is 0 Å². The molecule has 0 saturated carbocycles. The minimum atomic E-state index is -0.127. The largest absolute Gasteiger partial charge is 0.367 e. The summed E-state index contributed by atoms with van der Waals surface area (Å²) in [5.74, 6) is -0.127. The molecule has 0 spiro atoms. The van der Waals surface area contributed by atoms with Crippen LogP contribution in [0.15, 0.2) is 48.7 Å². The summed E-state index contributed by atoms with van der Waals surface area (Å²) in [7, 11) is 2.13. The van der Waals surface area contributed by atoms with E-state index in [1.165, 1.54) is 0 Å². The number of carbonyl (C=O) groups excluding carboxylic acids is 1. The molecular weight excluding hydrogens is 410 g/mol. The molecule has 1 amide bonds. The maximum Gasteiger partial charge on any atom is 0.257 e. The Bertz CT molecular complexity index is 1070. The molecule has 6 nitrogen and oxygen atoms in total. The molecule has 0 atom stereocenters. The summed E-state index contributed by atoms with van der Waals surface area (Å²) in [6.07, 6.45) is 1.79. The van der Waals surface area contributed by atoms with Gasteiger partial charge in [-0.05, 0) is 57.3 Å². The highest BCUT2D eigenvalue weighted by molar-refractivity contribution is 6.31. The SMILES string of the molecule is Cc1cc(C(=O)Nc2cc(Cl)ccc2N2CCN(C)CC2)c(C)n1Cc1ccccn1. The molecule has 0 bridgehead atoms. The Balaban J connectivity index is 1.58. The van der Waals surface area contributed by atoms with Gasteiger partial charge in [0.25, 0.3) is 5.91 Å². The van der Waals surface area contributed by atoms with Crippen LogP contribution in [0.25, 0.3) is 0 Å². The average Bonchev–Trinajstić information content (AvgIpc) is 3.04. The number of aryl methyl sites for hydroxylation is 1. The van der Waals surface area contributed by atoms with Crippen molar-refractivity contribution < 1.29 is 4.79 Å². The first kappa shape index (κ1) is 21.4. The van der Waals surface area contributed by atoms with Gasteiger partial charge in [-0.3, -0.25) is 9.78 Å². The third kappa shape index (κ3) is 4.75. The molecule has 1 aromatic carbocycles. The number of benzene rings is 1. The van der Waals surface area contributed by atoms with Crippen molar-refractivity contribution in [3.63, 3.8) is 0 Å². The van der Waals surface area contributed by atoms with E-state index in [9.17, 15) is 4.79 Å². The van der Waals surface area contributed by atoms with E-state index in [-0.39, 0.29) is 5.91 Å². The van der Waals surface area contributed by atoms with Crippen LogP contribution in [0, 0.1) is 13.8 Å². The number of amides is 1. The van der Waals surface area contributed by atoms with E-state index in [4.69, 9.17) is 11.6 Å². The van der Waals surface area contributed by atoms with Gasteiger partial charge in [0, 0.05) is 48.8 Å². The minimum Gasteiger partial charge on any atom is -0.367 e. The maximum absolute atomic E-state index is 13.2. The number of nitrogens with one attached hydrogen (secondary N) is 1. The van der Waals surface area contributed by atoms with Crippen LogP contribution >= 0.6 is 11.6 Å². The van der Waals surface area contributed by atoms with Gasteiger partial charge < -0.3 is 19.7 Å². The van der Waals surface area contributed by atoms with Gasteiger partial charge in [0.15, 0.2) is 0 Å². The van der Waals surface area contributed by atoms with E-state index in [1.54, 1.807) is 6.20 Å². The van der Waals surface area contributed by atoms with Crippen molar-refractivity contribution in [2.75, 3.05) is 43.4 Å². The molecule has 0 aliphatic carbocycles. The second kappa shape index (κ2) is 9.12. The molecule has 3 aromatic rings. The number of carbonyl (C=O) groups is 1. The highest BCUT2D eigenvalue weighted by Crippen LogP contribution is 2.31. The zero-order chi connectivity index (χ0) is 22.0. The van der Waals surface area contributed by atoms with Gasteiger partial charge in [0.1, 0.15) is 0 Å². The van der Waals surface area contributed by atoms with Crippen molar-refractivity contribution in [2.45, 2.75) is 20.4 Å². The predicted octanol–water partition coefficient (Wildman–Crippen LogP) is 4.21. The van der Waals surface area contributed by atoms with Crippen LogP contribution in [0.3, 0.4) is 0 Å². The van der Waals surface area contributed by atoms with Crippen molar-refractivity contribution in [3.8, 4) is 0 Å². The van der Waals surface area contributed by atoms with Crippen LogP contribution < -0.4 is 10.2 Å². The number of likely N-dealkylation sites (N-methyl/N-ethyl adjacent to an activating group) is 1. The van der Waals surface area contributed by atoms with Crippen LogP contribution in [0.2, 0.25) is 5.02 Å². The fourth-order valence-electron chi connectivity index (χ4n) is 4.05. The van der Waals surface area contributed by atoms with Gasteiger partial charge >= 0.3 is 0 Å². The summed E-state index contributed by atoms with van der Waals surface area (Å²) in [5, 5.41) is 3.72. The molecule has 4 rings (SSSR count). The van der Waals surface area contributed by atoms with Crippen molar-refractivity contribution >= 4 is 28.9 Å². The van der Waals surface area contributed by atoms with Gasteiger partial charge in [0.05, 0.1) is 29.2 Å². The van der Waals surface area contributed by atoms with Gasteiger partial charge in [0.2, 0.25) is 0 Å². The molecule has 7 heteroatoms. The number of rotatable bonds is 5.